The zero-order chi connectivity index (χ0) is 19.1. The minimum atomic E-state index is -0.598. The normalized spacial score (nSPS) is 10.7. The summed E-state index contributed by atoms with van der Waals surface area (Å²) in [6.45, 7) is 2.57. The molecule has 136 valence electrons. The van der Waals surface area contributed by atoms with Gasteiger partial charge >= 0.3 is 0 Å². The fourth-order valence-corrected chi connectivity index (χ4v) is 2.27. The number of hydrogen-bond acceptors (Lipinski definition) is 7. The molecule has 0 aliphatic carbocycles. The fraction of sp³-hybridized carbons (Fsp3) is 0.214. The Morgan fingerprint density at radius 3 is 2.96 bits per heavy atom. The van der Waals surface area contributed by atoms with Crippen molar-refractivity contribution < 1.29 is 9.72 Å². The first kappa shape index (κ1) is 19.4. The predicted molar refractivity (Wildman–Crippen MR) is 99.6 cm³/mol. The molecule has 1 amide bonds. The number of anilines is 1. The molecule has 26 heavy (non-hydrogen) atoms. The standard InChI is InChI=1S/C14H14ClN7O3S/c1-2-7-21-13(18-19-20-21)17-14(26)16-12(23)6-4-9-3-5-10(15)11(8-9)22(24)25/h3-6,8H,2,7H2,1H3,(H2,16,17,18,20,23,26). The van der Waals surface area contributed by atoms with Crippen LogP contribution in [0.4, 0.5) is 11.6 Å². The van der Waals surface area contributed by atoms with Gasteiger partial charge in [0.1, 0.15) is 5.02 Å². The molecule has 0 bridgehead atoms. The van der Waals surface area contributed by atoms with Crippen molar-refractivity contribution in [3.63, 3.8) is 0 Å². The molecule has 0 spiro atoms. The third-order valence-electron chi connectivity index (χ3n) is 3.02. The first-order chi connectivity index (χ1) is 12.4. The van der Waals surface area contributed by atoms with Gasteiger partial charge in [0.15, 0.2) is 5.11 Å². The fourth-order valence-electron chi connectivity index (χ4n) is 1.89. The summed E-state index contributed by atoms with van der Waals surface area (Å²) < 4.78 is 1.52. The molecule has 1 aromatic heterocycles. The molecule has 2 rings (SSSR count). The van der Waals surface area contributed by atoms with Crippen molar-refractivity contribution in [3.05, 3.63) is 45.0 Å². The smallest absolute Gasteiger partial charge is 0.288 e. The van der Waals surface area contributed by atoms with E-state index in [0.717, 1.165) is 6.42 Å². The number of benzene rings is 1. The monoisotopic (exact) mass is 395 g/mol. The van der Waals surface area contributed by atoms with Gasteiger partial charge in [-0.3, -0.25) is 25.5 Å². The van der Waals surface area contributed by atoms with E-state index >= 15 is 0 Å². The first-order valence-corrected chi connectivity index (χ1v) is 8.19. The minimum Gasteiger partial charge on any atom is -0.300 e. The van der Waals surface area contributed by atoms with E-state index in [9.17, 15) is 14.9 Å². The molecule has 1 heterocycles. The third-order valence-corrected chi connectivity index (χ3v) is 3.55. The Labute approximate surface area is 158 Å². The number of carbonyl (C=O) groups is 1. The largest absolute Gasteiger partial charge is 0.300 e. The average molecular weight is 396 g/mol. The Bertz CT molecular complexity index is 868. The zero-order valence-corrected chi connectivity index (χ0v) is 15.1. The number of rotatable bonds is 6. The van der Waals surface area contributed by atoms with Crippen LogP contribution in [0.5, 0.6) is 0 Å². The second-order valence-corrected chi connectivity index (χ2v) is 5.79. The van der Waals surface area contributed by atoms with Gasteiger partial charge in [-0.25, -0.2) is 4.68 Å². The van der Waals surface area contributed by atoms with Crippen LogP contribution >= 0.6 is 23.8 Å². The quantitative estimate of drug-likeness (QED) is 0.329. The number of tetrazole rings is 1. The third kappa shape index (κ3) is 5.29. The molecule has 0 atom stereocenters. The van der Waals surface area contributed by atoms with E-state index in [1.807, 2.05) is 6.92 Å². The Morgan fingerprint density at radius 1 is 1.50 bits per heavy atom. The van der Waals surface area contributed by atoms with Crippen LogP contribution in [-0.2, 0) is 11.3 Å². The van der Waals surface area contributed by atoms with Crippen LogP contribution in [0.15, 0.2) is 24.3 Å². The summed E-state index contributed by atoms with van der Waals surface area (Å²) in [5.41, 5.74) is 0.205. The van der Waals surface area contributed by atoms with Crippen LogP contribution in [0.3, 0.4) is 0 Å². The van der Waals surface area contributed by atoms with Gasteiger partial charge in [-0.2, -0.15) is 0 Å². The van der Waals surface area contributed by atoms with E-state index < -0.39 is 10.8 Å². The molecular weight excluding hydrogens is 382 g/mol. The molecule has 1 aromatic carbocycles. The Morgan fingerprint density at radius 2 is 2.27 bits per heavy atom. The van der Waals surface area contributed by atoms with Crippen LogP contribution in [-0.4, -0.2) is 36.2 Å². The van der Waals surface area contributed by atoms with E-state index in [-0.39, 0.29) is 15.8 Å². The number of halogens is 1. The lowest BCUT2D eigenvalue weighted by atomic mass is 10.2. The van der Waals surface area contributed by atoms with E-state index in [4.69, 9.17) is 23.8 Å². The maximum absolute atomic E-state index is 11.9. The van der Waals surface area contributed by atoms with Crippen molar-refractivity contribution in [2.24, 2.45) is 0 Å². The number of aryl methyl sites for hydroxylation is 1. The van der Waals surface area contributed by atoms with Gasteiger partial charge in [0.25, 0.3) is 5.69 Å². The molecule has 0 fully saturated rings. The van der Waals surface area contributed by atoms with Crippen molar-refractivity contribution in [3.8, 4) is 0 Å². The first-order valence-electron chi connectivity index (χ1n) is 7.41. The summed E-state index contributed by atoms with van der Waals surface area (Å²) in [6, 6.07) is 4.20. The van der Waals surface area contributed by atoms with Crippen molar-refractivity contribution in [2.45, 2.75) is 19.9 Å². The summed E-state index contributed by atoms with van der Waals surface area (Å²) in [4.78, 5) is 22.2. The molecule has 0 aliphatic rings. The van der Waals surface area contributed by atoms with Crippen molar-refractivity contribution >= 4 is 52.6 Å². The highest BCUT2D eigenvalue weighted by Crippen LogP contribution is 2.25. The van der Waals surface area contributed by atoms with Gasteiger partial charge < -0.3 is 0 Å². The zero-order valence-electron chi connectivity index (χ0n) is 13.5. The number of nitro benzene ring substituents is 1. The molecule has 0 saturated heterocycles. The van der Waals surface area contributed by atoms with Gasteiger partial charge in [0.05, 0.1) is 4.92 Å². The lowest BCUT2D eigenvalue weighted by Crippen LogP contribution is -2.33. The molecule has 10 nitrogen and oxygen atoms in total. The van der Waals surface area contributed by atoms with Crippen LogP contribution in [0.1, 0.15) is 18.9 Å². The summed E-state index contributed by atoms with van der Waals surface area (Å²) in [6.07, 6.45) is 3.42. The second kappa shape index (κ2) is 8.97. The molecular formula is C14H14ClN7O3S. The van der Waals surface area contributed by atoms with E-state index in [0.29, 0.717) is 18.1 Å². The molecule has 0 radical (unpaired) electrons. The summed E-state index contributed by atoms with van der Waals surface area (Å²) in [5.74, 6) is -0.205. The predicted octanol–water partition coefficient (Wildman–Crippen LogP) is 2.17. The van der Waals surface area contributed by atoms with Gasteiger partial charge in [-0.15, -0.1) is 0 Å². The van der Waals surface area contributed by atoms with Gasteiger partial charge in [-0.1, -0.05) is 29.7 Å². The Hall–Kier alpha value is -2.92. The molecule has 2 N–H and O–H groups in total. The highest BCUT2D eigenvalue weighted by molar-refractivity contribution is 7.80. The highest BCUT2D eigenvalue weighted by atomic mass is 35.5. The van der Waals surface area contributed by atoms with E-state index in [1.165, 1.54) is 29.0 Å². The van der Waals surface area contributed by atoms with Crippen molar-refractivity contribution in [1.82, 2.24) is 25.5 Å². The number of aromatic nitrogens is 4. The van der Waals surface area contributed by atoms with Crippen LogP contribution in [0, 0.1) is 10.1 Å². The average Bonchev–Trinajstić information content (AvgIpc) is 3.01. The van der Waals surface area contributed by atoms with Crippen LogP contribution < -0.4 is 10.6 Å². The maximum Gasteiger partial charge on any atom is 0.288 e. The molecule has 0 saturated carbocycles. The van der Waals surface area contributed by atoms with E-state index in [2.05, 4.69) is 26.2 Å². The number of nitrogens with zero attached hydrogens (tertiary/aromatic N) is 5. The topological polar surface area (TPSA) is 128 Å². The number of nitrogens with one attached hydrogen (secondary N) is 2. The summed E-state index contributed by atoms with van der Waals surface area (Å²) >= 11 is 10.8. The minimum absolute atomic E-state index is 0.0202. The number of thiocarbonyl (C=S) groups is 1. The lowest BCUT2D eigenvalue weighted by molar-refractivity contribution is -0.384. The number of carbonyl (C=O) groups excluding carboxylic acids is 1. The molecule has 12 heteroatoms. The highest BCUT2D eigenvalue weighted by Gasteiger charge is 2.12. The van der Waals surface area contributed by atoms with E-state index in [1.54, 1.807) is 6.07 Å². The van der Waals surface area contributed by atoms with Crippen molar-refractivity contribution in [2.75, 3.05) is 5.32 Å². The van der Waals surface area contributed by atoms with Crippen molar-refractivity contribution in [1.29, 1.82) is 0 Å². The number of nitro groups is 1. The Kier molecular flexibility index (Phi) is 6.69. The van der Waals surface area contributed by atoms with Gasteiger partial charge in [-0.05, 0) is 46.8 Å². The molecule has 0 aliphatic heterocycles. The van der Waals surface area contributed by atoms with Gasteiger partial charge in [0, 0.05) is 18.7 Å². The van der Waals surface area contributed by atoms with Crippen LogP contribution in [0.25, 0.3) is 6.08 Å². The lowest BCUT2D eigenvalue weighted by Gasteiger charge is -2.07. The number of hydrogen-bond donors (Lipinski definition) is 2. The summed E-state index contributed by atoms with van der Waals surface area (Å²) in [5, 5.41) is 27.1. The summed E-state index contributed by atoms with van der Waals surface area (Å²) in [7, 11) is 0. The van der Waals surface area contributed by atoms with Crippen LogP contribution in [0.2, 0.25) is 5.02 Å². The SMILES string of the molecule is CCCn1nnnc1NC(=S)NC(=O)C=Cc1ccc(Cl)c([N+](=O)[O-])c1. The maximum atomic E-state index is 11.9. The van der Waals surface area contributed by atoms with Gasteiger partial charge in [0.2, 0.25) is 11.9 Å². The number of amides is 1. The Balaban J connectivity index is 1.96. The molecule has 2 aromatic rings. The second-order valence-electron chi connectivity index (χ2n) is 4.97. The molecule has 0 unspecified atom stereocenters.